The molecule has 144 valence electrons. The van der Waals surface area contributed by atoms with E-state index in [1.54, 1.807) is 12.1 Å². The summed E-state index contributed by atoms with van der Waals surface area (Å²) >= 11 is 0. The molecule has 0 unspecified atom stereocenters. The summed E-state index contributed by atoms with van der Waals surface area (Å²) in [4.78, 5) is 33.0. The smallest absolute Gasteiger partial charge is 0.331 e. The van der Waals surface area contributed by atoms with Crippen molar-refractivity contribution < 1.29 is 9.52 Å². The van der Waals surface area contributed by atoms with Gasteiger partial charge in [-0.25, -0.2) is 4.79 Å². The molecule has 0 amide bonds. The van der Waals surface area contributed by atoms with Gasteiger partial charge in [-0.05, 0) is 43.2 Å². The Bertz CT molecular complexity index is 1110. The lowest BCUT2D eigenvalue weighted by molar-refractivity contribution is 0.392. The van der Waals surface area contributed by atoms with Crippen LogP contribution in [0.25, 0.3) is 0 Å². The number of hydrogen-bond acceptors (Lipinski definition) is 6. The minimum absolute atomic E-state index is 0.000266. The summed E-state index contributed by atoms with van der Waals surface area (Å²) in [5, 5.41) is 10.5. The molecule has 3 aromatic rings. The molecule has 0 aliphatic carbocycles. The first kappa shape index (κ1) is 17.8. The normalized spacial score (nSPS) is 14.2. The van der Waals surface area contributed by atoms with Crippen LogP contribution in [0.2, 0.25) is 0 Å². The van der Waals surface area contributed by atoms with Gasteiger partial charge in [0.25, 0.3) is 5.56 Å². The van der Waals surface area contributed by atoms with Gasteiger partial charge < -0.3 is 14.4 Å². The van der Waals surface area contributed by atoms with E-state index < -0.39 is 17.1 Å². The molecule has 1 aliphatic heterocycles. The highest BCUT2D eigenvalue weighted by Crippen LogP contribution is 2.25. The number of furan rings is 1. The van der Waals surface area contributed by atoms with Crippen molar-refractivity contribution in [1.29, 1.82) is 0 Å². The highest BCUT2D eigenvalue weighted by Gasteiger charge is 2.15. The van der Waals surface area contributed by atoms with Crippen molar-refractivity contribution in [2.75, 3.05) is 18.0 Å². The molecular formula is C20H20N4O4. The fourth-order valence-corrected chi connectivity index (χ4v) is 3.28. The first-order chi connectivity index (χ1) is 13.6. The number of aromatic hydroxyl groups is 1. The maximum absolute atomic E-state index is 12.2. The van der Waals surface area contributed by atoms with Crippen LogP contribution in [0.1, 0.15) is 24.2 Å². The van der Waals surface area contributed by atoms with Crippen LogP contribution in [0.3, 0.4) is 0 Å². The standard InChI is InChI=1S/C20H20N4O4/c25-18-17(19(26)24(20(27)22-18)13-16-7-4-10-28-16)12-21-14-5-3-6-15(11-14)23-8-1-2-9-23/h3-7,10-12,26H,1-2,8-9,13H2,(H,22,25,27). The average Bonchev–Trinajstić information content (AvgIpc) is 3.39. The number of aromatic nitrogens is 2. The van der Waals surface area contributed by atoms with E-state index in [9.17, 15) is 14.7 Å². The van der Waals surface area contributed by atoms with Crippen molar-refractivity contribution in [2.24, 2.45) is 4.99 Å². The summed E-state index contributed by atoms with van der Waals surface area (Å²) in [5.41, 5.74) is 0.238. The van der Waals surface area contributed by atoms with E-state index in [2.05, 4.69) is 14.9 Å². The molecule has 0 atom stereocenters. The molecule has 0 saturated carbocycles. The SMILES string of the molecule is O=c1[nH]c(=O)n(Cc2ccco2)c(O)c1C=Nc1cccc(N2CCCC2)c1. The minimum atomic E-state index is -0.716. The van der Waals surface area contributed by atoms with Crippen molar-refractivity contribution in [3.05, 3.63) is 74.8 Å². The molecule has 2 aromatic heterocycles. The Morgan fingerprint density at radius 1 is 1.18 bits per heavy atom. The fourth-order valence-electron chi connectivity index (χ4n) is 3.28. The van der Waals surface area contributed by atoms with E-state index in [1.807, 2.05) is 24.3 Å². The molecule has 8 nitrogen and oxygen atoms in total. The second kappa shape index (κ2) is 7.59. The zero-order valence-electron chi connectivity index (χ0n) is 15.2. The van der Waals surface area contributed by atoms with E-state index in [0.29, 0.717) is 11.4 Å². The van der Waals surface area contributed by atoms with Crippen LogP contribution in [0.15, 0.2) is 61.7 Å². The molecule has 0 bridgehead atoms. The fraction of sp³-hybridized carbons (Fsp3) is 0.250. The van der Waals surface area contributed by atoms with Gasteiger partial charge in [-0.3, -0.25) is 19.3 Å². The van der Waals surface area contributed by atoms with E-state index in [0.717, 1.165) is 23.3 Å². The van der Waals surface area contributed by atoms with Gasteiger partial charge in [0.2, 0.25) is 5.88 Å². The van der Waals surface area contributed by atoms with Crippen LogP contribution in [0.4, 0.5) is 11.4 Å². The number of nitrogens with zero attached hydrogens (tertiary/aromatic N) is 3. The monoisotopic (exact) mass is 380 g/mol. The Kier molecular flexibility index (Phi) is 4.84. The van der Waals surface area contributed by atoms with E-state index >= 15 is 0 Å². The van der Waals surface area contributed by atoms with Crippen LogP contribution in [-0.2, 0) is 6.54 Å². The lowest BCUT2D eigenvalue weighted by Crippen LogP contribution is -2.32. The third-order valence-corrected chi connectivity index (χ3v) is 4.74. The number of hydrogen-bond donors (Lipinski definition) is 2. The number of anilines is 1. The molecule has 8 heteroatoms. The maximum Gasteiger partial charge on any atom is 0.331 e. The zero-order chi connectivity index (χ0) is 19.5. The van der Waals surface area contributed by atoms with Crippen molar-refractivity contribution in [2.45, 2.75) is 19.4 Å². The number of nitrogens with one attached hydrogen (secondary N) is 1. The quantitative estimate of drug-likeness (QED) is 0.661. The van der Waals surface area contributed by atoms with E-state index in [4.69, 9.17) is 4.42 Å². The van der Waals surface area contributed by atoms with Gasteiger partial charge in [-0.1, -0.05) is 6.07 Å². The van der Waals surface area contributed by atoms with Crippen LogP contribution in [0, 0.1) is 0 Å². The number of aromatic amines is 1. The van der Waals surface area contributed by atoms with Crippen molar-refractivity contribution in [3.8, 4) is 5.88 Å². The molecule has 1 aliphatic rings. The second-order valence-electron chi connectivity index (χ2n) is 6.63. The van der Waals surface area contributed by atoms with Gasteiger partial charge in [0.05, 0.1) is 18.5 Å². The van der Waals surface area contributed by atoms with Gasteiger partial charge >= 0.3 is 5.69 Å². The predicted molar refractivity (Wildman–Crippen MR) is 106 cm³/mol. The summed E-state index contributed by atoms with van der Waals surface area (Å²) < 4.78 is 6.24. The van der Waals surface area contributed by atoms with Gasteiger partial charge in [0.15, 0.2) is 0 Å². The molecule has 1 fully saturated rings. The van der Waals surface area contributed by atoms with E-state index in [-0.39, 0.29) is 12.1 Å². The third kappa shape index (κ3) is 3.62. The first-order valence-corrected chi connectivity index (χ1v) is 9.09. The van der Waals surface area contributed by atoms with Crippen LogP contribution < -0.4 is 16.1 Å². The van der Waals surface area contributed by atoms with E-state index in [1.165, 1.54) is 25.3 Å². The average molecular weight is 380 g/mol. The molecule has 3 heterocycles. The number of H-pyrrole nitrogens is 1. The minimum Gasteiger partial charge on any atom is -0.494 e. The molecule has 1 saturated heterocycles. The van der Waals surface area contributed by atoms with Gasteiger partial charge in [-0.2, -0.15) is 0 Å². The molecule has 2 N–H and O–H groups in total. The third-order valence-electron chi connectivity index (χ3n) is 4.74. The summed E-state index contributed by atoms with van der Waals surface area (Å²) in [6.07, 6.45) is 5.09. The Morgan fingerprint density at radius 2 is 2.00 bits per heavy atom. The Hall–Kier alpha value is -3.55. The van der Waals surface area contributed by atoms with Crippen LogP contribution in [-0.4, -0.2) is 34.0 Å². The van der Waals surface area contributed by atoms with Crippen LogP contribution >= 0.6 is 0 Å². The molecule has 1 aromatic carbocycles. The Labute approximate surface area is 160 Å². The molecule has 4 rings (SSSR count). The highest BCUT2D eigenvalue weighted by atomic mass is 16.3. The van der Waals surface area contributed by atoms with Gasteiger partial charge in [-0.15, -0.1) is 0 Å². The van der Waals surface area contributed by atoms with Crippen molar-refractivity contribution in [1.82, 2.24) is 9.55 Å². The highest BCUT2D eigenvalue weighted by molar-refractivity contribution is 5.84. The summed E-state index contributed by atoms with van der Waals surface area (Å²) in [7, 11) is 0. The van der Waals surface area contributed by atoms with Crippen molar-refractivity contribution >= 4 is 17.6 Å². The number of aliphatic imine (C=N–C) groups is 1. The molecule has 0 radical (unpaired) electrons. The lowest BCUT2D eigenvalue weighted by Gasteiger charge is -2.17. The topological polar surface area (TPSA) is 104 Å². The largest absolute Gasteiger partial charge is 0.494 e. The predicted octanol–water partition coefficient (Wildman–Crippen LogP) is 2.23. The molecule has 28 heavy (non-hydrogen) atoms. The lowest BCUT2D eigenvalue weighted by atomic mass is 10.2. The molecular weight excluding hydrogens is 360 g/mol. The summed E-state index contributed by atoms with van der Waals surface area (Å²) in [6.45, 7) is 2.04. The number of rotatable bonds is 5. The van der Waals surface area contributed by atoms with Gasteiger partial charge in [0, 0.05) is 25.0 Å². The molecule has 0 spiro atoms. The zero-order valence-corrected chi connectivity index (χ0v) is 15.2. The maximum atomic E-state index is 12.2. The summed E-state index contributed by atoms with van der Waals surface area (Å²) in [6, 6.07) is 11.0. The Balaban J connectivity index is 1.65. The first-order valence-electron chi connectivity index (χ1n) is 9.09. The Morgan fingerprint density at radius 3 is 2.75 bits per heavy atom. The van der Waals surface area contributed by atoms with Gasteiger partial charge in [0.1, 0.15) is 11.3 Å². The second-order valence-corrected chi connectivity index (χ2v) is 6.63. The van der Waals surface area contributed by atoms with Crippen molar-refractivity contribution in [3.63, 3.8) is 0 Å². The number of benzene rings is 1. The summed E-state index contributed by atoms with van der Waals surface area (Å²) in [5.74, 6) is 0.0234. The van der Waals surface area contributed by atoms with Crippen LogP contribution in [0.5, 0.6) is 5.88 Å².